The molecule has 0 aliphatic rings. The predicted octanol–water partition coefficient (Wildman–Crippen LogP) is 0.956. The number of hydrogen-bond donors (Lipinski definition) is 1. The van der Waals surface area contributed by atoms with Crippen LogP contribution in [0.4, 0.5) is 0 Å². The lowest BCUT2D eigenvalue weighted by Gasteiger charge is -2.10. The van der Waals surface area contributed by atoms with E-state index in [0.29, 0.717) is 18.9 Å². The van der Waals surface area contributed by atoms with Gasteiger partial charge in [-0.25, -0.2) is 4.79 Å². The maximum absolute atomic E-state index is 10.8. The second-order valence-electron chi connectivity index (χ2n) is 2.90. The third-order valence-corrected chi connectivity index (χ3v) is 1.25. The summed E-state index contributed by atoms with van der Waals surface area (Å²) >= 11 is 0. The van der Waals surface area contributed by atoms with Crippen LogP contribution in [0.15, 0.2) is 0 Å². The zero-order chi connectivity index (χ0) is 8.85. The Morgan fingerprint density at radius 3 is 2.45 bits per heavy atom. The lowest BCUT2D eigenvalue weighted by molar-refractivity contribution is -0.153. The summed E-state index contributed by atoms with van der Waals surface area (Å²) in [4.78, 5) is 10.8. The van der Waals surface area contributed by atoms with Gasteiger partial charge >= 0.3 is 5.97 Å². The molecular weight excluding hydrogens is 144 g/mol. The quantitative estimate of drug-likeness (QED) is 0.623. The molecule has 0 aromatic rings. The fourth-order valence-corrected chi connectivity index (χ4v) is 0.781. The molecule has 0 fully saturated rings. The Balaban J connectivity index is 3.64. The van der Waals surface area contributed by atoms with E-state index in [2.05, 4.69) is 4.74 Å². The van der Waals surface area contributed by atoms with Gasteiger partial charge in [0, 0.05) is 0 Å². The molecule has 0 saturated heterocycles. The van der Waals surface area contributed by atoms with Crippen molar-refractivity contribution in [2.75, 3.05) is 6.61 Å². The average molecular weight is 160 g/mol. The van der Waals surface area contributed by atoms with E-state index >= 15 is 0 Å². The van der Waals surface area contributed by atoms with Crippen molar-refractivity contribution in [3.05, 3.63) is 0 Å². The molecular formula is C8H16O3. The van der Waals surface area contributed by atoms with E-state index in [0.717, 1.165) is 0 Å². The van der Waals surface area contributed by atoms with Crippen LogP contribution in [0.1, 0.15) is 27.2 Å². The number of esters is 1. The zero-order valence-corrected chi connectivity index (χ0v) is 7.33. The molecule has 0 unspecified atom stereocenters. The van der Waals surface area contributed by atoms with Gasteiger partial charge in [0.05, 0.1) is 6.61 Å². The van der Waals surface area contributed by atoms with Crippen LogP contribution in [0.25, 0.3) is 0 Å². The molecule has 0 bridgehead atoms. The number of aliphatic hydroxyl groups is 1. The number of rotatable bonds is 4. The summed E-state index contributed by atoms with van der Waals surface area (Å²) < 4.78 is 4.62. The van der Waals surface area contributed by atoms with Crippen LogP contribution in [0, 0.1) is 5.92 Å². The molecule has 3 heteroatoms. The van der Waals surface area contributed by atoms with E-state index in [-0.39, 0.29) is 0 Å². The van der Waals surface area contributed by atoms with Crippen LogP contribution in [-0.2, 0) is 9.53 Å². The van der Waals surface area contributed by atoms with Gasteiger partial charge in [0.2, 0.25) is 0 Å². The molecule has 0 radical (unpaired) electrons. The molecule has 0 aliphatic heterocycles. The Morgan fingerprint density at radius 1 is 1.55 bits per heavy atom. The molecule has 11 heavy (non-hydrogen) atoms. The van der Waals surface area contributed by atoms with Gasteiger partial charge in [-0.2, -0.15) is 0 Å². The summed E-state index contributed by atoms with van der Waals surface area (Å²) in [5, 5.41) is 9.14. The van der Waals surface area contributed by atoms with Gasteiger partial charge < -0.3 is 9.84 Å². The van der Waals surface area contributed by atoms with Crippen LogP contribution >= 0.6 is 0 Å². The highest BCUT2D eigenvalue weighted by Gasteiger charge is 2.16. The van der Waals surface area contributed by atoms with Crippen molar-refractivity contribution in [3.8, 4) is 0 Å². The largest absolute Gasteiger partial charge is 0.464 e. The van der Waals surface area contributed by atoms with E-state index < -0.39 is 12.1 Å². The number of hydrogen-bond acceptors (Lipinski definition) is 3. The van der Waals surface area contributed by atoms with Crippen molar-refractivity contribution >= 4 is 5.97 Å². The lowest BCUT2D eigenvalue weighted by atomic mass is 10.1. The first-order valence-electron chi connectivity index (χ1n) is 3.92. The molecule has 0 rings (SSSR count). The van der Waals surface area contributed by atoms with Gasteiger partial charge in [-0.1, -0.05) is 13.8 Å². The smallest absolute Gasteiger partial charge is 0.334 e. The number of carbonyl (C=O) groups is 1. The Bertz CT molecular complexity index is 121. The monoisotopic (exact) mass is 160 g/mol. The van der Waals surface area contributed by atoms with E-state index in [9.17, 15) is 4.79 Å². The minimum absolute atomic E-state index is 0.314. The third kappa shape index (κ3) is 4.79. The van der Waals surface area contributed by atoms with Crippen LogP contribution in [0.2, 0.25) is 0 Å². The number of ether oxygens (including phenoxy) is 1. The second-order valence-corrected chi connectivity index (χ2v) is 2.90. The first kappa shape index (κ1) is 10.4. The highest BCUT2D eigenvalue weighted by Crippen LogP contribution is 2.05. The van der Waals surface area contributed by atoms with Gasteiger partial charge in [-0.15, -0.1) is 0 Å². The van der Waals surface area contributed by atoms with Crippen LogP contribution in [0.3, 0.4) is 0 Å². The summed E-state index contributed by atoms with van der Waals surface area (Å²) in [7, 11) is 0. The average Bonchev–Trinajstić information content (AvgIpc) is 1.86. The summed E-state index contributed by atoms with van der Waals surface area (Å²) in [6.45, 7) is 5.94. The van der Waals surface area contributed by atoms with Crippen molar-refractivity contribution in [1.82, 2.24) is 0 Å². The summed E-state index contributed by atoms with van der Waals surface area (Å²) in [5.74, 6) is -0.199. The first-order valence-corrected chi connectivity index (χ1v) is 3.92. The highest BCUT2D eigenvalue weighted by molar-refractivity contribution is 5.74. The van der Waals surface area contributed by atoms with Gasteiger partial charge in [0.1, 0.15) is 0 Å². The third-order valence-electron chi connectivity index (χ3n) is 1.25. The molecule has 0 amide bonds. The summed E-state index contributed by atoms with van der Waals surface area (Å²) in [6, 6.07) is 0. The van der Waals surface area contributed by atoms with Crippen LogP contribution < -0.4 is 0 Å². The Kier molecular flexibility index (Phi) is 4.86. The highest BCUT2D eigenvalue weighted by atomic mass is 16.5. The standard InChI is InChI=1S/C8H16O3/c1-4-11-8(10)7(9)5-6(2)3/h6-7,9H,4-5H2,1-3H3/t7-/m0/s1. The molecule has 0 spiro atoms. The minimum atomic E-state index is -0.949. The Hall–Kier alpha value is -0.570. The van der Waals surface area contributed by atoms with Crippen LogP contribution in [-0.4, -0.2) is 23.8 Å². The van der Waals surface area contributed by atoms with E-state index in [1.807, 2.05) is 13.8 Å². The van der Waals surface area contributed by atoms with E-state index in [1.165, 1.54) is 0 Å². The van der Waals surface area contributed by atoms with Gasteiger partial charge in [0.15, 0.2) is 6.10 Å². The molecule has 1 N–H and O–H groups in total. The maximum atomic E-state index is 10.8. The van der Waals surface area contributed by atoms with Gasteiger partial charge in [-0.05, 0) is 19.3 Å². The summed E-state index contributed by atoms with van der Waals surface area (Å²) in [5.41, 5.74) is 0. The lowest BCUT2D eigenvalue weighted by Crippen LogP contribution is -2.24. The second kappa shape index (κ2) is 5.13. The predicted molar refractivity (Wildman–Crippen MR) is 42.1 cm³/mol. The van der Waals surface area contributed by atoms with E-state index in [4.69, 9.17) is 5.11 Å². The Labute approximate surface area is 67.4 Å². The van der Waals surface area contributed by atoms with Gasteiger partial charge in [-0.3, -0.25) is 0 Å². The molecule has 0 aliphatic carbocycles. The SMILES string of the molecule is CCOC(=O)[C@@H](O)CC(C)C. The molecule has 0 aromatic carbocycles. The summed E-state index contributed by atoms with van der Waals surface area (Å²) in [6.07, 6.45) is -0.478. The van der Waals surface area contributed by atoms with Crippen molar-refractivity contribution in [3.63, 3.8) is 0 Å². The fraction of sp³-hybridized carbons (Fsp3) is 0.875. The normalized spacial score (nSPS) is 13.2. The fourth-order valence-electron chi connectivity index (χ4n) is 0.781. The maximum Gasteiger partial charge on any atom is 0.334 e. The zero-order valence-electron chi connectivity index (χ0n) is 7.33. The molecule has 0 aromatic heterocycles. The number of carbonyl (C=O) groups excluding carboxylic acids is 1. The molecule has 0 saturated carbocycles. The van der Waals surface area contributed by atoms with Gasteiger partial charge in [0.25, 0.3) is 0 Å². The molecule has 66 valence electrons. The molecule has 0 heterocycles. The Morgan fingerprint density at radius 2 is 2.09 bits per heavy atom. The van der Waals surface area contributed by atoms with Crippen molar-refractivity contribution in [1.29, 1.82) is 0 Å². The minimum Gasteiger partial charge on any atom is -0.464 e. The molecule has 3 nitrogen and oxygen atoms in total. The molecule has 1 atom stereocenters. The van der Waals surface area contributed by atoms with E-state index in [1.54, 1.807) is 6.92 Å². The van der Waals surface area contributed by atoms with Crippen molar-refractivity contribution < 1.29 is 14.6 Å². The number of aliphatic hydroxyl groups excluding tert-OH is 1. The van der Waals surface area contributed by atoms with Crippen LogP contribution in [0.5, 0.6) is 0 Å². The van der Waals surface area contributed by atoms with Crippen molar-refractivity contribution in [2.45, 2.75) is 33.3 Å². The van der Waals surface area contributed by atoms with Crippen molar-refractivity contribution in [2.24, 2.45) is 5.92 Å². The first-order chi connectivity index (χ1) is 5.07. The topological polar surface area (TPSA) is 46.5 Å².